The van der Waals surface area contributed by atoms with Crippen molar-refractivity contribution in [3.8, 4) is 57.1 Å². The largest absolute Gasteiger partial charge is 0.493 e. The third-order valence-corrected chi connectivity index (χ3v) is 14.8. The van der Waals surface area contributed by atoms with Gasteiger partial charge in [-0.1, -0.05) is 27.7 Å². The first-order valence-electron chi connectivity index (χ1n) is 20.2. The number of hydrogen-bond acceptors (Lipinski definition) is 17. The van der Waals surface area contributed by atoms with Crippen molar-refractivity contribution >= 4 is 51.2 Å². The van der Waals surface area contributed by atoms with Crippen molar-refractivity contribution < 1.29 is 61.8 Å². The molecule has 0 unspecified atom stereocenters. The van der Waals surface area contributed by atoms with E-state index in [2.05, 4.69) is 5.32 Å². The van der Waals surface area contributed by atoms with Crippen molar-refractivity contribution in [3.63, 3.8) is 0 Å². The van der Waals surface area contributed by atoms with Crippen LogP contribution in [0.15, 0.2) is 58.2 Å². The lowest BCUT2D eigenvalue weighted by Gasteiger charge is -2.38. The predicted octanol–water partition coefficient (Wildman–Crippen LogP) is 6.92. The van der Waals surface area contributed by atoms with Gasteiger partial charge in [-0.05, 0) is 89.4 Å². The van der Waals surface area contributed by atoms with Gasteiger partial charge in [-0.25, -0.2) is 0 Å². The number of fused-ring (bicyclic) bond motifs is 6. The molecule has 1 N–H and O–H groups in total. The molecule has 64 heavy (non-hydrogen) atoms. The highest BCUT2D eigenvalue weighted by Crippen LogP contribution is 2.57. The third-order valence-electron chi connectivity index (χ3n) is 11.9. The van der Waals surface area contributed by atoms with Crippen LogP contribution >= 0.6 is 33.3 Å². The molecule has 5 atom stereocenters. The number of amides is 1. The molecule has 0 bridgehead atoms. The molecule has 2 heterocycles. The Labute approximate surface area is 381 Å². The Morgan fingerprint density at radius 2 is 1.39 bits per heavy atom. The molecular weight excluding hydrogens is 887 g/mol. The number of carbonyl (C=O) groups is 3. The lowest BCUT2D eigenvalue weighted by molar-refractivity contribution is -0.151. The summed E-state index contributed by atoms with van der Waals surface area (Å²) in [6, 6.07) is 13.9. The standard InChI is InChI=1S/C46H47NO14S3/c1-52-33-13-23(14-34(53-2)43(33)55-4)39-26-16-31-32(60-21-59-31)17-27(26)42(28-18-58-46(51)41(28)39)61-38(50)20-64-63-19-37(49)47-29-10-8-22-12-35(54-3)44(56-5)45(57-6)40(22)24-9-11-36(62-7)30(48)15-25(24)29/h9,11-17,28-29,39,41-42H,8,10,18-21H2,1-7H3,(H,47,49)/t28-,29-,39+,41-,42-/m0/s1. The summed E-state index contributed by atoms with van der Waals surface area (Å²) in [4.78, 5) is 54.9. The fraction of sp³-hybridized carbons (Fsp3) is 0.391. The molecule has 0 radical (unpaired) electrons. The highest BCUT2D eigenvalue weighted by molar-refractivity contribution is 8.77. The first-order chi connectivity index (χ1) is 31.1. The van der Waals surface area contributed by atoms with Crippen LogP contribution in [0.1, 0.15) is 52.3 Å². The highest BCUT2D eigenvalue weighted by atomic mass is 33.1. The van der Waals surface area contributed by atoms with Crippen molar-refractivity contribution in [2.45, 2.75) is 35.8 Å². The maximum absolute atomic E-state index is 13.7. The molecule has 4 aromatic carbocycles. The molecule has 15 nitrogen and oxygen atoms in total. The SMILES string of the molecule is COc1cc([C@@H]2c3cc4c(cc3[C@H](OC(=O)CSSCC(=O)N[C@H]3CCc5cc(OC)c(OC)c(OC)c5-c5ccc(SC)c(=O)cc53)[C@H]3COC(=O)[C@H]23)OCO4)cc(OC)c1OC. The number of aryl methyl sites for hydroxylation is 1. The summed E-state index contributed by atoms with van der Waals surface area (Å²) in [5, 5.41) is 3.15. The predicted molar refractivity (Wildman–Crippen MR) is 241 cm³/mol. The molecule has 4 aliphatic rings. The number of rotatable bonds is 15. The number of hydrogen-bond donors (Lipinski definition) is 1. The molecular formula is C46H47NO14S3. The molecule has 1 amide bonds. The summed E-state index contributed by atoms with van der Waals surface area (Å²) < 4.78 is 57.6. The monoisotopic (exact) mass is 933 g/mol. The van der Waals surface area contributed by atoms with Gasteiger partial charge in [-0.15, -0.1) is 11.8 Å². The van der Waals surface area contributed by atoms with Crippen LogP contribution in [-0.4, -0.2) is 91.7 Å². The van der Waals surface area contributed by atoms with Gasteiger partial charge in [0.2, 0.25) is 24.2 Å². The Kier molecular flexibility index (Phi) is 13.5. The summed E-state index contributed by atoms with van der Waals surface area (Å²) in [5.74, 6) is 0.520. The molecule has 8 rings (SSSR count). The second-order valence-electron chi connectivity index (χ2n) is 15.1. The number of carbonyl (C=O) groups excluding carboxylic acids is 3. The number of ether oxygens (including phenoxy) is 10. The summed E-state index contributed by atoms with van der Waals surface area (Å²) in [5.41, 5.74) is 4.98. The fourth-order valence-electron chi connectivity index (χ4n) is 9.16. The van der Waals surface area contributed by atoms with Crippen LogP contribution in [0.2, 0.25) is 0 Å². The van der Waals surface area contributed by atoms with Crippen LogP contribution in [0.5, 0.6) is 46.0 Å². The molecule has 4 aromatic rings. The van der Waals surface area contributed by atoms with Gasteiger partial charge in [0.25, 0.3) is 0 Å². The molecule has 1 saturated heterocycles. The Morgan fingerprint density at radius 1 is 0.734 bits per heavy atom. The summed E-state index contributed by atoms with van der Waals surface area (Å²) in [6.07, 6.45) is 2.02. The molecule has 2 aliphatic carbocycles. The second-order valence-corrected chi connectivity index (χ2v) is 18.5. The second kappa shape index (κ2) is 19.3. The van der Waals surface area contributed by atoms with Gasteiger partial charge in [-0.2, -0.15) is 0 Å². The van der Waals surface area contributed by atoms with Gasteiger partial charge < -0.3 is 52.7 Å². The average Bonchev–Trinajstić information content (AvgIpc) is 3.85. The van der Waals surface area contributed by atoms with E-state index < -0.39 is 41.8 Å². The zero-order chi connectivity index (χ0) is 45.2. The van der Waals surface area contributed by atoms with Crippen molar-refractivity contribution in [1.29, 1.82) is 0 Å². The zero-order valence-corrected chi connectivity index (χ0v) is 38.6. The van der Waals surface area contributed by atoms with Gasteiger partial charge in [0.1, 0.15) is 11.9 Å². The first-order valence-corrected chi connectivity index (χ1v) is 24.0. The lowest BCUT2D eigenvalue weighted by atomic mass is 9.66. The van der Waals surface area contributed by atoms with Crippen LogP contribution in [0.4, 0.5) is 0 Å². The van der Waals surface area contributed by atoms with Crippen LogP contribution in [0, 0.1) is 11.8 Å². The molecule has 2 aliphatic heterocycles. The van der Waals surface area contributed by atoms with Crippen molar-refractivity contribution in [2.75, 3.05) is 73.8 Å². The fourth-order valence-corrected chi connectivity index (χ4v) is 11.3. The van der Waals surface area contributed by atoms with E-state index in [1.807, 2.05) is 24.5 Å². The third kappa shape index (κ3) is 8.30. The minimum atomic E-state index is -0.850. The van der Waals surface area contributed by atoms with Crippen molar-refractivity contribution in [1.82, 2.24) is 5.32 Å². The molecule has 338 valence electrons. The topological polar surface area (TPSA) is 173 Å². The van der Waals surface area contributed by atoms with Crippen molar-refractivity contribution in [2.24, 2.45) is 11.8 Å². The maximum Gasteiger partial charge on any atom is 0.317 e. The van der Waals surface area contributed by atoms with Gasteiger partial charge in [0, 0.05) is 23.0 Å². The molecule has 0 aromatic heterocycles. The van der Waals surface area contributed by atoms with Crippen LogP contribution < -0.4 is 48.6 Å². The number of methoxy groups -OCH3 is 6. The summed E-state index contributed by atoms with van der Waals surface area (Å²) >= 11 is 1.34. The summed E-state index contributed by atoms with van der Waals surface area (Å²) in [6.45, 7) is 0.0528. The van der Waals surface area contributed by atoms with E-state index in [1.165, 1.54) is 61.8 Å². The van der Waals surface area contributed by atoms with E-state index in [0.717, 1.165) is 16.7 Å². The average molecular weight is 934 g/mol. The van der Waals surface area contributed by atoms with Crippen LogP contribution in [0.3, 0.4) is 0 Å². The highest BCUT2D eigenvalue weighted by Gasteiger charge is 2.54. The Morgan fingerprint density at radius 3 is 2.05 bits per heavy atom. The Hall–Kier alpha value is -5.59. The molecule has 0 spiro atoms. The van der Waals surface area contributed by atoms with Crippen molar-refractivity contribution in [3.05, 3.63) is 86.6 Å². The Balaban J connectivity index is 0.988. The quantitative estimate of drug-likeness (QED) is 0.0563. The van der Waals surface area contributed by atoms with E-state index in [0.29, 0.717) is 86.0 Å². The minimum absolute atomic E-state index is 0.0141. The van der Waals surface area contributed by atoms with Gasteiger partial charge in [0.05, 0.1) is 71.9 Å². The van der Waals surface area contributed by atoms with Crippen LogP contribution in [0.25, 0.3) is 11.1 Å². The molecule has 1 fully saturated rings. The van der Waals surface area contributed by atoms with Crippen LogP contribution in [-0.2, 0) is 30.3 Å². The van der Waals surface area contributed by atoms with E-state index in [4.69, 9.17) is 47.4 Å². The van der Waals surface area contributed by atoms with E-state index >= 15 is 0 Å². The lowest BCUT2D eigenvalue weighted by Crippen LogP contribution is -2.36. The number of esters is 2. The zero-order valence-electron chi connectivity index (χ0n) is 36.2. The number of cyclic esters (lactones) is 1. The maximum atomic E-state index is 13.7. The smallest absolute Gasteiger partial charge is 0.317 e. The Bertz CT molecular complexity index is 2530. The van der Waals surface area contributed by atoms with Gasteiger partial charge in [-0.3, -0.25) is 19.2 Å². The molecule has 18 heteroatoms. The first kappa shape index (κ1) is 45.0. The summed E-state index contributed by atoms with van der Waals surface area (Å²) in [7, 11) is 11.6. The minimum Gasteiger partial charge on any atom is -0.493 e. The van der Waals surface area contributed by atoms with Gasteiger partial charge >= 0.3 is 11.9 Å². The number of benzene rings is 3. The number of nitrogens with one attached hydrogen (secondary N) is 1. The number of thioether (sulfide) groups is 1. The van der Waals surface area contributed by atoms with E-state index in [9.17, 15) is 19.2 Å². The van der Waals surface area contributed by atoms with Gasteiger partial charge in [0.15, 0.2) is 39.9 Å². The normalized spacial score (nSPS) is 20.0. The van der Waals surface area contributed by atoms with E-state index in [1.54, 1.807) is 44.6 Å². The molecule has 0 saturated carbocycles. The van der Waals surface area contributed by atoms with E-state index in [-0.39, 0.29) is 36.2 Å².